The van der Waals surface area contributed by atoms with Gasteiger partial charge in [-0.2, -0.15) is 0 Å². The number of nitrogens with zero attached hydrogens (tertiary/aromatic N) is 2. The number of carbonyl (C=O) groups is 1. The average molecular weight is 302 g/mol. The summed E-state index contributed by atoms with van der Waals surface area (Å²) in [6.07, 6.45) is 3.42. The lowest BCUT2D eigenvalue weighted by Crippen LogP contribution is -2.61. The molecule has 1 saturated carbocycles. The molecule has 5 nitrogen and oxygen atoms in total. The molecule has 0 aromatic carbocycles. The van der Waals surface area contributed by atoms with Gasteiger partial charge in [-0.05, 0) is 12.7 Å². The second-order valence-corrected chi connectivity index (χ2v) is 6.33. The molecule has 0 radical (unpaired) electrons. The van der Waals surface area contributed by atoms with E-state index in [1.54, 1.807) is 0 Å². The molecule has 0 spiro atoms. The van der Waals surface area contributed by atoms with E-state index in [9.17, 15) is 9.90 Å². The number of halogens is 1. The molecule has 0 bridgehead atoms. The number of aromatic nitrogens is 2. The van der Waals surface area contributed by atoms with Crippen molar-refractivity contribution in [2.75, 3.05) is 6.26 Å². The van der Waals surface area contributed by atoms with Gasteiger partial charge in [0, 0.05) is 11.5 Å². The van der Waals surface area contributed by atoms with Crippen LogP contribution >= 0.6 is 23.4 Å². The largest absolute Gasteiger partial charge is 0.392 e. The molecule has 0 saturated heterocycles. The van der Waals surface area contributed by atoms with E-state index in [4.69, 9.17) is 11.6 Å². The minimum absolute atomic E-state index is 0.0706. The molecule has 1 aliphatic rings. The molecule has 0 aliphatic heterocycles. The summed E-state index contributed by atoms with van der Waals surface area (Å²) in [5.74, 6) is -0.326. The summed E-state index contributed by atoms with van der Waals surface area (Å²) in [5, 5.41) is 13.3. The maximum absolute atomic E-state index is 12.2. The van der Waals surface area contributed by atoms with E-state index in [0.717, 1.165) is 0 Å². The van der Waals surface area contributed by atoms with Gasteiger partial charge in [0.15, 0.2) is 10.9 Å². The summed E-state index contributed by atoms with van der Waals surface area (Å²) in [5.41, 5.74) is -0.143. The van der Waals surface area contributed by atoms with Gasteiger partial charge in [0.25, 0.3) is 5.91 Å². The number of thioether (sulfide) groups is 1. The SMILES string of the molecule is CSc1ncc(Cl)c(C(=O)NC2CC(O)C2(C)C)n1. The topological polar surface area (TPSA) is 75.1 Å². The number of aliphatic hydroxyl groups excluding tert-OH is 1. The van der Waals surface area contributed by atoms with Crippen LogP contribution in [-0.4, -0.2) is 39.4 Å². The van der Waals surface area contributed by atoms with Crippen LogP contribution in [0.25, 0.3) is 0 Å². The number of nitrogens with one attached hydrogen (secondary N) is 1. The van der Waals surface area contributed by atoms with Crippen molar-refractivity contribution in [3.63, 3.8) is 0 Å². The lowest BCUT2D eigenvalue weighted by atomic mass is 9.64. The van der Waals surface area contributed by atoms with Crippen molar-refractivity contribution in [2.45, 2.75) is 37.6 Å². The Morgan fingerprint density at radius 3 is 2.84 bits per heavy atom. The molecule has 1 aromatic heterocycles. The van der Waals surface area contributed by atoms with E-state index in [1.807, 2.05) is 20.1 Å². The minimum Gasteiger partial charge on any atom is -0.392 e. The smallest absolute Gasteiger partial charge is 0.271 e. The van der Waals surface area contributed by atoms with Crippen LogP contribution in [0, 0.1) is 5.41 Å². The van der Waals surface area contributed by atoms with Crippen molar-refractivity contribution in [3.8, 4) is 0 Å². The van der Waals surface area contributed by atoms with E-state index >= 15 is 0 Å². The number of hydrogen-bond donors (Lipinski definition) is 2. The Kier molecular flexibility index (Phi) is 4.03. The zero-order valence-corrected chi connectivity index (χ0v) is 12.5. The van der Waals surface area contributed by atoms with Crippen LogP contribution < -0.4 is 5.32 Å². The summed E-state index contributed by atoms with van der Waals surface area (Å²) in [4.78, 5) is 20.3. The van der Waals surface area contributed by atoms with Gasteiger partial charge >= 0.3 is 0 Å². The molecule has 2 unspecified atom stereocenters. The zero-order valence-electron chi connectivity index (χ0n) is 11.0. The van der Waals surface area contributed by atoms with Gasteiger partial charge in [-0.15, -0.1) is 0 Å². The molecule has 1 amide bonds. The first kappa shape index (κ1) is 14.6. The predicted molar refractivity (Wildman–Crippen MR) is 74.5 cm³/mol. The van der Waals surface area contributed by atoms with Gasteiger partial charge in [0.05, 0.1) is 17.3 Å². The molecule has 1 heterocycles. The highest BCUT2D eigenvalue weighted by Gasteiger charge is 2.48. The fourth-order valence-electron chi connectivity index (χ4n) is 1.98. The first-order valence-corrected chi connectivity index (χ1v) is 7.52. The fourth-order valence-corrected chi connectivity index (χ4v) is 2.50. The highest BCUT2D eigenvalue weighted by atomic mass is 35.5. The molecule has 19 heavy (non-hydrogen) atoms. The summed E-state index contributed by atoms with van der Waals surface area (Å²) in [6, 6.07) is -0.0706. The van der Waals surface area contributed by atoms with E-state index in [2.05, 4.69) is 15.3 Å². The fraction of sp³-hybridized carbons (Fsp3) is 0.583. The number of aliphatic hydroxyl groups is 1. The molecule has 2 atom stereocenters. The summed E-state index contributed by atoms with van der Waals surface area (Å²) < 4.78 is 0. The van der Waals surface area contributed by atoms with Crippen LogP contribution in [0.5, 0.6) is 0 Å². The van der Waals surface area contributed by atoms with Crippen molar-refractivity contribution < 1.29 is 9.90 Å². The van der Waals surface area contributed by atoms with Crippen LogP contribution in [0.2, 0.25) is 5.02 Å². The van der Waals surface area contributed by atoms with Crippen molar-refractivity contribution in [1.29, 1.82) is 0 Å². The van der Waals surface area contributed by atoms with Gasteiger partial charge < -0.3 is 10.4 Å². The van der Waals surface area contributed by atoms with Gasteiger partial charge in [0.1, 0.15) is 0 Å². The van der Waals surface area contributed by atoms with E-state index in [0.29, 0.717) is 11.6 Å². The van der Waals surface area contributed by atoms with Crippen LogP contribution in [0.15, 0.2) is 11.4 Å². The van der Waals surface area contributed by atoms with Crippen LogP contribution in [-0.2, 0) is 0 Å². The standard InChI is InChI=1S/C12H16ClN3O2S/c1-12(2)7(4-8(12)17)15-10(18)9-6(13)5-14-11(16-9)19-3/h5,7-8,17H,4H2,1-3H3,(H,15,18). The first-order chi connectivity index (χ1) is 8.86. The second-order valence-electron chi connectivity index (χ2n) is 5.15. The Balaban J connectivity index is 2.13. The zero-order chi connectivity index (χ0) is 14.2. The van der Waals surface area contributed by atoms with Crippen molar-refractivity contribution >= 4 is 29.3 Å². The summed E-state index contributed by atoms with van der Waals surface area (Å²) in [6.45, 7) is 3.84. The number of amides is 1. The molecule has 7 heteroatoms. The van der Waals surface area contributed by atoms with Crippen LogP contribution in [0.3, 0.4) is 0 Å². The third kappa shape index (κ3) is 2.70. The molecular weight excluding hydrogens is 286 g/mol. The van der Waals surface area contributed by atoms with Gasteiger partial charge in [-0.3, -0.25) is 4.79 Å². The van der Waals surface area contributed by atoms with E-state index < -0.39 is 0 Å². The lowest BCUT2D eigenvalue weighted by Gasteiger charge is -2.49. The molecule has 2 rings (SSSR count). The Morgan fingerprint density at radius 2 is 2.32 bits per heavy atom. The third-order valence-electron chi connectivity index (χ3n) is 3.64. The normalized spacial score (nSPS) is 24.7. The number of hydrogen-bond acceptors (Lipinski definition) is 5. The number of carbonyl (C=O) groups excluding carboxylic acids is 1. The van der Waals surface area contributed by atoms with Crippen LogP contribution in [0.1, 0.15) is 30.8 Å². The Morgan fingerprint density at radius 1 is 1.63 bits per heavy atom. The first-order valence-electron chi connectivity index (χ1n) is 5.91. The van der Waals surface area contributed by atoms with Crippen molar-refractivity contribution in [3.05, 3.63) is 16.9 Å². The van der Waals surface area contributed by atoms with Gasteiger partial charge in [0.2, 0.25) is 0 Å². The van der Waals surface area contributed by atoms with Gasteiger partial charge in [-0.25, -0.2) is 9.97 Å². The number of rotatable bonds is 3. The maximum Gasteiger partial charge on any atom is 0.271 e. The Labute approximate surface area is 121 Å². The second kappa shape index (κ2) is 5.26. The van der Waals surface area contributed by atoms with Crippen molar-refractivity contribution in [2.24, 2.45) is 5.41 Å². The predicted octanol–water partition coefficient (Wildman–Crippen LogP) is 1.74. The molecule has 104 valence electrons. The highest BCUT2D eigenvalue weighted by molar-refractivity contribution is 7.98. The van der Waals surface area contributed by atoms with Gasteiger partial charge in [-0.1, -0.05) is 37.2 Å². The molecular formula is C12H16ClN3O2S. The molecule has 1 aliphatic carbocycles. The minimum atomic E-state index is -0.388. The molecule has 1 aromatic rings. The Bertz CT molecular complexity index is 510. The van der Waals surface area contributed by atoms with E-state index in [1.165, 1.54) is 18.0 Å². The third-order valence-corrected chi connectivity index (χ3v) is 4.48. The van der Waals surface area contributed by atoms with Crippen LogP contribution in [0.4, 0.5) is 0 Å². The summed E-state index contributed by atoms with van der Waals surface area (Å²) in [7, 11) is 0. The Hall–Kier alpha value is -0.850. The highest BCUT2D eigenvalue weighted by Crippen LogP contribution is 2.40. The lowest BCUT2D eigenvalue weighted by molar-refractivity contribution is -0.0690. The van der Waals surface area contributed by atoms with E-state index in [-0.39, 0.29) is 34.2 Å². The molecule has 2 N–H and O–H groups in total. The quantitative estimate of drug-likeness (QED) is 0.657. The summed E-state index contributed by atoms with van der Waals surface area (Å²) >= 11 is 7.29. The van der Waals surface area contributed by atoms with Crippen molar-refractivity contribution in [1.82, 2.24) is 15.3 Å². The monoisotopic (exact) mass is 301 g/mol. The molecule has 1 fully saturated rings. The average Bonchev–Trinajstić information content (AvgIpc) is 2.38. The maximum atomic E-state index is 12.2.